The summed E-state index contributed by atoms with van der Waals surface area (Å²) in [4.78, 5) is 14.8. The highest BCUT2D eigenvalue weighted by Gasteiger charge is 2.33. The zero-order valence-corrected chi connectivity index (χ0v) is 23.3. The molecule has 3 unspecified atom stereocenters. The number of rotatable bonds is 9. The van der Waals surface area contributed by atoms with E-state index in [1.807, 2.05) is 34.7 Å². The molecule has 1 saturated carbocycles. The van der Waals surface area contributed by atoms with Crippen molar-refractivity contribution in [3.05, 3.63) is 12.3 Å². The van der Waals surface area contributed by atoms with Crippen LogP contribution in [0.5, 0.6) is 0 Å². The summed E-state index contributed by atoms with van der Waals surface area (Å²) in [5, 5.41) is 19.8. The minimum absolute atomic E-state index is 0.170. The van der Waals surface area contributed by atoms with E-state index < -0.39 is 6.10 Å². The van der Waals surface area contributed by atoms with Gasteiger partial charge in [-0.05, 0) is 38.5 Å². The number of carbonyl (C=O) groups is 1. The van der Waals surface area contributed by atoms with Crippen LogP contribution in [0.25, 0.3) is 0 Å². The minimum atomic E-state index is -0.828. The van der Waals surface area contributed by atoms with E-state index in [0.717, 1.165) is 49.4 Å². The van der Waals surface area contributed by atoms with Crippen LogP contribution in [-0.2, 0) is 9.53 Å². The van der Waals surface area contributed by atoms with E-state index in [-0.39, 0.29) is 23.7 Å². The Balaban J connectivity index is 0.00000137. The molecule has 0 bridgehead atoms. The SMILES string of the molecule is C=C(N/N=C1\SCC(C)N1C)C(O)C(NCC(=O)C1CCCCC1)C1CCOCC1.CC.CC. The van der Waals surface area contributed by atoms with Gasteiger partial charge in [0.25, 0.3) is 0 Å². The van der Waals surface area contributed by atoms with Gasteiger partial charge < -0.3 is 20.1 Å². The predicted molar refractivity (Wildman–Crippen MR) is 145 cm³/mol. The average molecular weight is 499 g/mol. The first-order valence-electron chi connectivity index (χ1n) is 13.4. The molecular formula is C26H50N4O3S. The van der Waals surface area contributed by atoms with Gasteiger partial charge in [-0.1, -0.05) is 65.3 Å². The number of ether oxygens (including phenoxy) is 1. The predicted octanol–water partition coefficient (Wildman–Crippen LogP) is 4.38. The van der Waals surface area contributed by atoms with Crippen molar-refractivity contribution in [3.63, 3.8) is 0 Å². The molecule has 0 amide bonds. The van der Waals surface area contributed by atoms with Crippen molar-refractivity contribution in [1.82, 2.24) is 15.6 Å². The quantitative estimate of drug-likeness (QED) is 0.407. The Morgan fingerprint density at radius 2 is 1.79 bits per heavy atom. The molecule has 0 aromatic carbocycles. The number of ketones is 1. The molecule has 8 heteroatoms. The zero-order chi connectivity index (χ0) is 25.5. The third kappa shape index (κ3) is 9.51. The van der Waals surface area contributed by atoms with Gasteiger partial charge in [-0.25, -0.2) is 0 Å². The summed E-state index contributed by atoms with van der Waals surface area (Å²) in [7, 11) is 2.02. The minimum Gasteiger partial charge on any atom is -0.385 e. The van der Waals surface area contributed by atoms with Crippen molar-refractivity contribution < 1.29 is 14.6 Å². The maximum Gasteiger partial charge on any atom is 0.183 e. The molecule has 3 atom stereocenters. The second-order valence-corrected chi connectivity index (χ2v) is 9.89. The van der Waals surface area contributed by atoms with Gasteiger partial charge in [0.15, 0.2) is 5.17 Å². The van der Waals surface area contributed by atoms with Crippen LogP contribution in [-0.4, -0.2) is 71.7 Å². The van der Waals surface area contributed by atoms with Crippen molar-refractivity contribution in [2.24, 2.45) is 16.9 Å². The van der Waals surface area contributed by atoms with Gasteiger partial charge in [-0.15, -0.1) is 0 Å². The number of thioether (sulfide) groups is 1. The highest BCUT2D eigenvalue weighted by Crippen LogP contribution is 2.26. The zero-order valence-electron chi connectivity index (χ0n) is 22.4. The third-order valence-electron chi connectivity index (χ3n) is 6.76. The van der Waals surface area contributed by atoms with Crippen molar-refractivity contribution in [2.75, 3.05) is 32.6 Å². The number of aliphatic hydroxyl groups is 1. The molecule has 0 aromatic heterocycles. The molecule has 0 aromatic rings. The molecular weight excluding hydrogens is 448 g/mol. The number of carbonyl (C=O) groups excluding carboxylic acids is 1. The number of hydrogen-bond acceptors (Lipinski definition) is 7. The summed E-state index contributed by atoms with van der Waals surface area (Å²) in [6.45, 7) is 15.9. The number of Topliss-reactive ketones (excluding diaryl/α,β-unsaturated/α-hetero) is 1. The van der Waals surface area contributed by atoms with Gasteiger partial charge in [-0.2, -0.15) is 5.10 Å². The van der Waals surface area contributed by atoms with Crippen LogP contribution in [0.3, 0.4) is 0 Å². The topological polar surface area (TPSA) is 86.2 Å². The van der Waals surface area contributed by atoms with Crippen LogP contribution >= 0.6 is 11.8 Å². The number of nitrogens with zero attached hydrogens (tertiary/aromatic N) is 2. The third-order valence-corrected chi connectivity index (χ3v) is 8.04. The smallest absolute Gasteiger partial charge is 0.183 e. The van der Waals surface area contributed by atoms with Gasteiger partial charge in [-0.3, -0.25) is 10.2 Å². The van der Waals surface area contributed by atoms with Crippen LogP contribution in [0, 0.1) is 11.8 Å². The van der Waals surface area contributed by atoms with Gasteiger partial charge in [0.1, 0.15) is 11.9 Å². The van der Waals surface area contributed by atoms with E-state index in [9.17, 15) is 9.90 Å². The van der Waals surface area contributed by atoms with E-state index in [4.69, 9.17) is 4.74 Å². The largest absolute Gasteiger partial charge is 0.385 e. The van der Waals surface area contributed by atoms with Gasteiger partial charge in [0.05, 0.1) is 12.2 Å². The standard InChI is InChI=1S/C22H38N4O3S.2C2H6/c1-15-14-30-22(26(15)3)25-24-16(2)21(28)20(18-9-11-29-12-10-18)23-13-19(27)17-7-5-4-6-8-17;2*1-2/h15,17-18,20-21,23-24,28H,2,4-14H2,1,3H3;2*1-2H3/b25-22-;;. The lowest BCUT2D eigenvalue weighted by molar-refractivity contribution is -0.123. The molecule has 7 nitrogen and oxygen atoms in total. The van der Waals surface area contributed by atoms with Gasteiger partial charge in [0.2, 0.25) is 0 Å². The van der Waals surface area contributed by atoms with Crippen molar-refractivity contribution in [3.8, 4) is 0 Å². The van der Waals surface area contributed by atoms with Crippen molar-refractivity contribution >= 4 is 22.7 Å². The van der Waals surface area contributed by atoms with Crippen LogP contribution in [0.2, 0.25) is 0 Å². The number of amidine groups is 1. The van der Waals surface area contributed by atoms with E-state index in [0.29, 0.717) is 31.5 Å². The Morgan fingerprint density at radius 1 is 1.18 bits per heavy atom. The molecule has 3 aliphatic rings. The van der Waals surface area contributed by atoms with Crippen LogP contribution in [0.4, 0.5) is 0 Å². The summed E-state index contributed by atoms with van der Waals surface area (Å²) in [6.07, 6.45) is 6.44. The lowest BCUT2D eigenvalue weighted by atomic mass is 9.85. The summed E-state index contributed by atoms with van der Waals surface area (Å²) in [5.41, 5.74) is 3.43. The maximum atomic E-state index is 12.7. The molecule has 34 heavy (non-hydrogen) atoms. The van der Waals surface area contributed by atoms with E-state index in [1.165, 1.54) is 6.42 Å². The summed E-state index contributed by atoms with van der Waals surface area (Å²) in [5.74, 6) is 1.68. The van der Waals surface area contributed by atoms with Gasteiger partial charge >= 0.3 is 0 Å². The Kier molecular flexibility index (Phi) is 15.8. The number of nitrogens with one attached hydrogen (secondary N) is 2. The van der Waals surface area contributed by atoms with E-state index in [2.05, 4.69) is 34.2 Å². The lowest BCUT2D eigenvalue weighted by Crippen LogP contribution is -2.51. The second-order valence-electron chi connectivity index (χ2n) is 8.90. The number of hydrogen-bond donors (Lipinski definition) is 3. The molecule has 2 heterocycles. The van der Waals surface area contributed by atoms with Crippen LogP contribution < -0.4 is 10.7 Å². The maximum absolute atomic E-state index is 12.7. The van der Waals surface area contributed by atoms with Crippen molar-refractivity contribution in [1.29, 1.82) is 0 Å². The molecule has 3 N–H and O–H groups in total. The lowest BCUT2D eigenvalue weighted by Gasteiger charge is -2.35. The van der Waals surface area contributed by atoms with Crippen LogP contribution in [0.1, 0.15) is 79.6 Å². The molecule has 0 spiro atoms. The fourth-order valence-electron chi connectivity index (χ4n) is 4.51. The number of hydrazone groups is 1. The fourth-order valence-corrected chi connectivity index (χ4v) is 5.62. The molecule has 1 aliphatic carbocycles. The molecule has 3 fully saturated rings. The monoisotopic (exact) mass is 498 g/mol. The summed E-state index contributed by atoms with van der Waals surface area (Å²) < 4.78 is 5.50. The summed E-state index contributed by atoms with van der Waals surface area (Å²) >= 11 is 1.69. The highest BCUT2D eigenvalue weighted by molar-refractivity contribution is 8.14. The molecule has 2 aliphatic heterocycles. The van der Waals surface area contributed by atoms with E-state index >= 15 is 0 Å². The highest BCUT2D eigenvalue weighted by atomic mass is 32.2. The Hall–Kier alpha value is -1.09. The molecule has 198 valence electrons. The normalized spacial score (nSPS) is 24.4. The molecule has 3 rings (SSSR count). The van der Waals surface area contributed by atoms with Crippen LogP contribution in [0.15, 0.2) is 17.4 Å². The Morgan fingerprint density at radius 3 is 2.35 bits per heavy atom. The fraction of sp³-hybridized carbons (Fsp3) is 0.846. The average Bonchev–Trinajstić information content (AvgIpc) is 3.23. The first-order valence-corrected chi connectivity index (χ1v) is 14.4. The first-order chi connectivity index (χ1) is 16.5. The second kappa shape index (κ2) is 17.4. The molecule has 2 saturated heterocycles. The Bertz CT molecular complexity index is 619. The van der Waals surface area contributed by atoms with Crippen molar-refractivity contribution in [2.45, 2.75) is 97.8 Å². The van der Waals surface area contributed by atoms with E-state index in [1.54, 1.807) is 11.8 Å². The molecule has 0 radical (unpaired) electrons. The number of aliphatic hydroxyl groups excluding tert-OH is 1. The summed E-state index contributed by atoms with van der Waals surface area (Å²) in [6, 6.07) is 0.200. The Labute approximate surface area is 212 Å². The first kappa shape index (κ1) is 30.9. The van der Waals surface area contributed by atoms with Gasteiger partial charge in [0, 0.05) is 44.0 Å².